The van der Waals surface area contributed by atoms with Crippen molar-refractivity contribution >= 4 is 22.2 Å². The molecule has 0 aromatic carbocycles. The van der Waals surface area contributed by atoms with E-state index in [0.717, 1.165) is 25.7 Å². The highest BCUT2D eigenvalue weighted by Gasteiger charge is 2.28. The summed E-state index contributed by atoms with van der Waals surface area (Å²) in [6.45, 7) is 1.74. The Morgan fingerprint density at radius 3 is 2.07 bits per heavy atom. The fraction of sp³-hybridized carbons (Fsp3) is 1.00. The molecule has 0 bridgehead atoms. The molecule has 0 saturated heterocycles. The van der Waals surface area contributed by atoms with E-state index in [-0.39, 0.29) is 17.7 Å². The zero-order chi connectivity index (χ0) is 9.90. The third kappa shape index (κ3) is 3.41. The van der Waals surface area contributed by atoms with Crippen LogP contribution in [0.5, 0.6) is 0 Å². The van der Waals surface area contributed by atoms with Crippen molar-refractivity contribution in [3.8, 4) is 0 Å². The number of halogens is 1. The SMILES string of the molecule is CCS(=O)(=O)C1CCC(NC)CC1.Cl. The van der Waals surface area contributed by atoms with Crippen LogP contribution in [0.15, 0.2) is 0 Å². The molecule has 1 N–H and O–H groups in total. The quantitative estimate of drug-likeness (QED) is 0.812. The number of hydrogen-bond donors (Lipinski definition) is 1. The summed E-state index contributed by atoms with van der Waals surface area (Å²) in [6.07, 6.45) is 3.67. The van der Waals surface area contributed by atoms with Gasteiger partial charge in [0.2, 0.25) is 0 Å². The van der Waals surface area contributed by atoms with E-state index in [1.807, 2.05) is 7.05 Å². The lowest BCUT2D eigenvalue weighted by atomic mass is 9.95. The summed E-state index contributed by atoms with van der Waals surface area (Å²) in [5.74, 6) is 0.294. The second kappa shape index (κ2) is 5.93. The smallest absolute Gasteiger partial charge is 0.152 e. The molecule has 1 saturated carbocycles. The van der Waals surface area contributed by atoms with E-state index in [2.05, 4.69) is 5.32 Å². The zero-order valence-corrected chi connectivity index (χ0v) is 10.5. The Morgan fingerprint density at radius 2 is 1.71 bits per heavy atom. The van der Waals surface area contributed by atoms with E-state index in [1.165, 1.54) is 0 Å². The summed E-state index contributed by atoms with van der Waals surface area (Å²) >= 11 is 0. The summed E-state index contributed by atoms with van der Waals surface area (Å²) in [7, 11) is -0.837. The summed E-state index contributed by atoms with van der Waals surface area (Å²) in [6, 6.07) is 0.531. The number of nitrogens with one attached hydrogen (secondary N) is 1. The Labute approximate surface area is 93.0 Å². The van der Waals surface area contributed by atoms with Crippen LogP contribution in [0.4, 0.5) is 0 Å². The maximum Gasteiger partial charge on any atom is 0.152 e. The van der Waals surface area contributed by atoms with E-state index in [0.29, 0.717) is 11.8 Å². The highest BCUT2D eigenvalue weighted by molar-refractivity contribution is 7.92. The molecule has 0 aromatic heterocycles. The third-order valence-corrected chi connectivity index (χ3v) is 5.28. The van der Waals surface area contributed by atoms with Gasteiger partial charge >= 0.3 is 0 Å². The lowest BCUT2D eigenvalue weighted by Crippen LogP contribution is -2.35. The van der Waals surface area contributed by atoms with Crippen LogP contribution in [0.2, 0.25) is 0 Å². The van der Waals surface area contributed by atoms with Gasteiger partial charge in [0.25, 0.3) is 0 Å². The molecular weight excluding hydrogens is 222 g/mol. The first-order valence-electron chi connectivity index (χ1n) is 4.99. The number of hydrogen-bond acceptors (Lipinski definition) is 3. The molecule has 0 amide bonds. The van der Waals surface area contributed by atoms with Crippen molar-refractivity contribution in [2.45, 2.75) is 43.9 Å². The number of sulfone groups is 1. The molecule has 1 aliphatic carbocycles. The Kier molecular flexibility index (Phi) is 6.02. The van der Waals surface area contributed by atoms with Crippen LogP contribution < -0.4 is 5.32 Å². The van der Waals surface area contributed by atoms with Gasteiger partial charge in [0, 0.05) is 11.8 Å². The Bertz CT molecular complexity index is 246. The van der Waals surface area contributed by atoms with Crippen LogP contribution in [-0.4, -0.2) is 32.5 Å². The molecule has 1 aliphatic rings. The van der Waals surface area contributed by atoms with Gasteiger partial charge in [-0.05, 0) is 32.7 Å². The summed E-state index contributed by atoms with van der Waals surface area (Å²) in [4.78, 5) is 0. The minimum Gasteiger partial charge on any atom is -0.317 e. The van der Waals surface area contributed by atoms with Crippen molar-refractivity contribution in [1.82, 2.24) is 5.32 Å². The Morgan fingerprint density at radius 1 is 1.21 bits per heavy atom. The maximum atomic E-state index is 11.5. The predicted molar refractivity (Wildman–Crippen MR) is 61.8 cm³/mol. The molecule has 5 heteroatoms. The first-order valence-corrected chi connectivity index (χ1v) is 6.70. The lowest BCUT2D eigenvalue weighted by molar-refractivity contribution is 0.391. The van der Waals surface area contributed by atoms with E-state index in [1.54, 1.807) is 6.92 Å². The van der Waals surface area contributed by atoms with Crippen LogP contribution in [0.3, 0.4) is 0 Å². The fourth-order valence-electron chi connectivity index (χ4n) is 1.95. The molecular formula is C9H20ClNO2S. The van der Waals surface area contributed by atoms with E-state index in [4.69, 9.17) is 0 Å². The van der Waals surface area contributed by atoms with Crippen LogP contribution in [0.25, 0.3) is 0 Å². The normalized spacial score (nSPS) is 28.1. The minimum atomic E-state index is -2.78. The Hall–Kier alpha value is 0.200. The molecule has 0 aliphatic heterocycles. The van der Waals surface area contributed by atoms with Gasteiger partial charge < -0.3 is 5.32 Å². The van der Waals surface area contributed by atoms with E-state index >= 15 is 0 Å². The topological polar surface area (TPSA) is 46.2 Å². The highest BCUT2D eigenvalue weighted by atomic mass is 35.5. The average Bonchev–Trinajstić information content (AvgIpc) is 2.18. The van der Waals surface area contributed by atoms with Gasteiger partial charge in [-0.25, -0.2) is 8.42 Å². The monoisotopic (exact) mass is 241 g/mol. The van der Waals surface area contributed by atoms with Gasteiger partial charge in [-0.2, -0.15) is 0 Å². The highest BCUT2D eigenvalue weighted by Crippen LogP contribution is 2.24. The molecule has 0 radical (unpaired) electrons. The fourth-order valence-corrected chi connectivity index (χ4v) is 3.41. The van der Waals surface area contributed by atoms with E-state index < -0.39 is 9.84 Å². The second-order valence-corrected chi connectivity index (χ2v) is 6.28. The van der Waals surface area contributed by atoms with Gasteiger partial charge in [-0.15, -0.1) is 12.4 Å². The number of rotatable bonds is 3. The van der Waals surface area contributed by atoms with Crippen molar-refractivity contribution < 1.29 is 8.42 Å². The summed E-state index contributed by atoms with van der Waals surface area (Å²) in [5, 5.41) is 3.13. The maximum absolute atomic E-state index is 11.5. The van der Waals surface area contributed by atoms with E-state index in [9.17, 15) is 8.42 Å². The van der Waals surface area contributed by atoms with Crippen LogP contribution >= 0.6 is 12.4 Å². The van der Waals surface area contributed by atoms with Crippen molar-refractivity contribution in [3.63, 3.8) is 0 Å². The average molecular weight is 242 g/mol. The van der Waals surface area contributed by atoms with Crippen molar-refractivity contribution in [3.05, 3.63) is 0 Å². The van der Waals surface area contributed by atoms with Crippen LogP contribution in [0, 0.1) is 0 Å². The molecule has 1 fully saturated rings. The molecule has 0 atom stereocenters. The summed E-state index contributed by atoms with van der Waals surface area (Å²) in [5.41, 5.74) is 0. The summed E-state index contributed by atoms with van der Waals surface area (Å²) < 4.78 is 23.1. The molecule has 0 heterocycles. The van der Waals surface area contributed by atoms with Gasteiger partial charge in [0.05, 0.1) is 5.25 Å². The van der Waals surface area contributed by atoms with Gasteiger partial charge in [-0.3, -0.25) is 0 Å². The van der Waals surface area contributed by atoms with Gasteiger partial charge in [0.1, 0.15) is 0 Å². The zero-order valence-electron chi connectivity index (χ0n) is 8.82. The molecule has 1 rings (SSSR count). The van der Waals surface area contributed by atoms with Crippen molar-refractivity contribution in [1.29, 1.82) is 0 Å². The lowest BCUT2D eigenvalue weighted by Gasteiger charge is -2.27. The largest absolute Gasteiger partial charge is 0.317 e. The molecule has 86 valence electrons. The molecule has 3 nitrogen and oxygen atoms in total. The molecule has 14 heavy (non-hydrogen) atoms. The molecule has 0 unspecified atom stereocenters. The third-order valence-electron chi connectivity index (χ3n) is 2.99. The standard InChI is InChI=1S/C9H19NO2S.ClH/c1-3-13(11,12)9-6-4-8(10-2)5-7-9;/h8-10H,3-7H2,1-2H3;1H. The second-order valence-electron chi connectivity index (χ2n) is 3.71. The minimum absolute atomic E-state index is 0. The predicted octanol–water partition coefficient (Wildman–Crippen LogP) is 1.37. The molecule has 0 spiro atoms. The molecule has 0 aromatic rings. The van der Waals surface area contributed by atoms with Crippen LogP contribution in [0.1, 0.15) is 32.6 Å². The van der Waals surface area contributed by atoms with Crippen molar-refractivity contribution in [2.24, 2.45) is 0 Å². The van der Waals surface area contributed by atoms with Gasteiger partial charge in [-0.1, -0.05) is 6.92 Å². The van der Waals surface area contributed by atoms with Crippen LogP contribution in [-0.2, 0) is 9.84 Å². The van der Waals surface area contributed by atoms with Crippen molar-refractivity contribution in [2.75, 3.05) is 12.8 Å². The Balaban J connectivity index is 0.00000169. The first kappa shape index (κ1) is 14.2. The van der Waals surface area contributed by atoms with Gasteiger partial charge in [0.15, 0.2) is 9.84 Å². The first-order chi connectivity index (χ1) is 6.10.